The molecule has 0 atom stereocenters. The van der Waals surface area contributed by atoms with Gasteiger partial charge in [0.2, 0.25) is 5.91 Å². The number of hydrogen-bond donors (Lipinski definition) is 2. The number of carbonyl (C=O) groups is 2. The fraction of sp³-hybridized carbons (Fsp3) is 0.0714. The first-order chi connectivity index (χ1) is 10.0. The third-order valence-corrected chi connectivity index (χ3v) is 3.41. The Kier molecular flexibility index (Phi) is 4.89. The molecule has 5 nitrogen and oxygen atoms in total. The van der Waals surface area contributed by atoms with Gasteiger partial charge in [-0.05, 0) is 36.4 Å². The third kappa shape index (κ3) is 4.57. The summed E-state index contributed by atoms with van der Waals surface area (Å²) < 4.78 is 12.7. The summed E-state index contributed by atoms with van der Waals surface area (Å²) in [6.07, 6.45) is 1.24. The Labute approximate surface area is 124 Å². The molecule has 1 heterocycles. The number of carboxylic acid groups (broad SMARTS) is 1. The minimum absolute atomic E-state index is 0.0927. The maximum atomic E-state index is 12.7. The third-order valence-electron chi connectivity index (χ3n) is 2.46. The largest absolute Gasteiger partial charge is 0.478 e. The van der Waals surface area contributed by atoms with Crippen LogP contribution in [0.25, 0.3) is 0 Å². The van der Waals surface area contributed by atoms with E-state index in [1.165, 1.54) is 48.3 Å². The SMILES string of the molecule is O=C(CSc1ccc(C(=O)O)cn1)Nc1ccc(F)cc1. The predicted molar refractivity (Wildman–Crippen MR) is 77.0 cm³/mol. The van der Waals surface area contributed by atoms with E-state index in [2.05, 4.69) is 10.3 Å². The molecule has 0 bridgehead atoms. The molecular formula is C14H11FN2O3S. The van der Waals surface area contributed by atoms with E-state index in [1.807, 2.05) is 0 Å². The smallest absolute Gasteiger partial charge is 0.337 e. The number of nitrogens with zero attached hydrogens (tertiary/aromatic N) is 1. The highest BCUT2D eigenvalue weighted by Gasteiger charge is 2.06. The summed E-state index contributed by atoms with van der Waals surface area (Å²) >= 11 is 1.18. The number of aromatic carboxylic acids is 1. The minimum Gasteiger partial charge on any atom is -0.478 e. The van der Waals surface area contributed by atoms with Crippen molar-refractivity contribution in [2.24, 2.45) is 0 Å². The predicted octanol–water partition coefficient (Wildman–Crippen LogP) is 2.65. The van der Waals surface area contributed by atoms with Gasteiger partial charge in [0.25, 0.3) is 0 Å². The molecule has 0 unspecified atom stereocenters. The zero-order valence-electron chi connectivity index (χ0n) is 10.7. The van der Waals surface area contributed by atoms with Gasteiger partial charge in [-0.25, -0.2) is 14.2 Å². The second kappa shape index (κ2) is 6.85. The molecule has 108 valence electrons. The molecule has 0 saturated heterocycles. The van der Waals surface area contributed by atoms with E-state index < -0.39 is 5.97 Å². The van der Waals surface area contributed by atoms with Crippen molar-refractivity contribution < 1.29 is 19.1 Å². The van der Waals surface area contributed by atoms with Crippen LogP contribution in [0.4, 0.5) is 10.1 Å². The Bertz CT molecular complexity index is 644. The fourth-order valence-electron chi connectivity index (χ4n) is 1.46. The lowest BCUT2D eigenvalue weighted by atomic mass is 10.3. The summed E-state index contributed by atoms with van der Waals surface area (Å²) in [5.41, 5.74) is 0.603. The number of thioether (sulfide) groups is 1. The van der Waals surface area contributed by atoms with Crippen molar-refractivity contribution in [3.8, 4) is 0 Å². The molecule has 21 heavy (non-hydrogen) atoms. The fourth-order valence-corrected chi connectivity index (χ4v) is 2.10. The minimum atomic E-state index is -1.05. The van der Waals surface area contributed by atoms with E-state index in [-0.39, 0.29) is 23.0 Å². The maximum absolute atomic E-state index is 12.7. The number of amides is 1. The van der Waals surface area contributed by atoms with E-state index in [0.29, 0.717) is 10.7 Å². The van der Waals surface area contributed by atoms with Crippen LogP contribution in [0.5, 0.6) is 0 Å². The number of benzene rings is 1. The summed E-state index contributed by atoms with van der Waals surface area (Å²) in [7, 11) is 0. The number of carbonyl (C=O) groups excluding carboxylic acids is 1. The average molecular weight is 306 g/mol. The van der Waals surface area contributed by atoms with Crippen LogP contribution in [-0.2, 0) is 4.79 Å². The average Bonchev–Trinajstić information content (AvgIpc) is 2.48. The number of carboxylic acids is 1. The molecule has 0 aliphatic rings. The molecule has 1 amide bonds. The van der Waals surface area contributed by atoms with Gasteiger partial charge >= 0.3 is 5.97 Å². The number of nitrogens with one attached hydrogen (secondary N) is 1. The number of rotatable bonds is 5. The normalized spacial score (nSPS) is 10.1. The van der Waals surface area contributed by atoms with Crippen molar-refractivity contribution in [3.63, 3.8) is 0 Å². The van der Waals surface area contributed by atoms with Crippen LogP contribution in [0, 0.1) is 5.82 Å². The molecule has 0 radical (unpaired) electrons. The van der Waals surface area contributed by atoms with Crippen LogP contribution in [0.1, 0.15) is 10.4 Å². The molecule has 2 aromatic rings. The van der Waals surface area contributed by atoms with Crippen LogP contribution < -0.4 is 5.32 Å². The standard InChI is InChI=1S/C14H11FN2O3S/c15-10-2-4-11(5-3-10)17-12(18)8-21-13-6-1-9(7-16-13)14(19)20/h1-7H,8H2,(H,17,18)(H,19,20). The lowest BCUT2D eigenvalue weighted by Gasteiger charge is -2.05. The van der Waals surface area contributed by atoms with E-state index in [4.69, 9.17) is 5.11 Å². The number of aromatic nitrogens is 1. The Morgan fingerprint density at radius 2 is 1.90 bits per heavy atom. The lowest BCUT2D eigenvalue weighted by molar-refractivity contribution is -0.113. The topological polar surface area (TPSA) is 79.3 Å². The van der Waals surface area contributed by atoms with Crippen molar-refractivity contribution in [1.29, 1.82) is 0 Å². The number of hydrogen-bond acceptors (Lipinski definition) is 4. The van der Waals surface area contributed by atoms with E-state index in [0.717, 1.165) is 0 Å². The van der Waals surface area contributed by atoms with Gasteiger partial charge in [-0.15, -0.1) is 0 Å². The molecular weight excluding hydrogens is 295 g/mol. The number of halogens is 1. The summed E-state index contributed by atoms with van der Waals surface area (Å²) in [5, 5.41) is 11.9. The second-order valence-corrected chi connectivity index (χ2v) is 5.03. The highest BCUT2D eigenvalue weighted by molar-refractivity contribution is 7.99. The molecule has 0 fully saturated rings. The number of anilines is 1. The molecule has 0 spiro atoms. The summed E-state index contributed by atoms with van der Waals surface area (Å²) in [4.78, 5) is 26.3. The monoisotopic (exact) mass is 306 g/mol. The molecule has 2 N–H and O–H groups in total. The molecule has 2 rings (SSSR count). The maximum Gasteiger partial charge on any atom is 0.337 e. The summed E-state index contributed by atoms with van der Waals surface area (Å²) in [6, 6.07) is 8.42. The van der Waals surface area contributed by atoms with Crippen molar-refractivity contribution in [2.75, 3.05) is 11.1 Å². The Morgan fingerprint density at radius 3 is 2.48 bits per heavy atom. The molecule has 0 aliphatic carbocycles. The van der Waals surface area contributed by atoms with Crippen LogP contribution in [0.3, 0.4) is 0 Å². The van der Waals surface area contributed by atoms with E-state index in [9.17, 15) is 14.0 Å². The van der Waals surface area contributed by atoms with Crippen molar-refractivity contribution in [1.82, 2.24) is 4.98 Å². The first-order valence-electron chi connectivity index (χ1n) is 5.92. The van der Waals surface area contributed by atoms with Crippen LogP contribution in [0.15, 0.2) is 47.6 Å². The van der Waals surface area contributed by atoms with Gasteiger partial charge in [0.05, 0.1) is 16.3 Å². The highest BCUT2D eigenvalue weighted by Crippen LogP contribution is 2.16. The molecule has 7 heteroatoms. The van der Waals surface area contributed by atoms with Gasteiger partial charge < -0.3 is 10.4 Å². The first-order valence-corrected chi connectivity index (χ1v) is 6.91. The Hall–Kier alpha value is -2.41. The van der Waals surface area contributed by atoms with Crippen molar-refractivity contribution >= 4 is 29.3 Å². The zero-order valence-corrected chi connectivity index (χ0v) is 11.6. The zero-order chi connectivity index (χ0) is 15.2. The molecule has 1 aromatic carbocycles. The van der Waals surface area contributed by atoms with Crippen molar-refractivity contribution in [2.45, 2.75) is 5.03 Å². The van der Waals surface area contributed by atoms with Gasteiger partial charge in [0.1, 0.15) is 5.82 Å². The Morgan fingerprint density at radius 1 is 1.19 bits per heavy atom. The van der Waals surface area contributed by atoms with Crippen LogP contribution in [-0.4, -0.2) is 27.7 Å². The highest BCUT2D eigenvalue weighted by atomic mass is 32.2. The van der Waals surface area contributed by atoms with Gasteiger partial charge in [-0.1, -0.05) is 11.8 Å². The Balaban J connectivity index is 1.86. The molecule has 0 saturated carbocycles. The summed E-state index contributed by atoms with van der Waals surface area (Å²) in [5.74, 6) is -1.55. The van der Waals surface area contributed by atoms with Gasteiger partial charge in [-0.2, -0.15) is 0 Å². The molecule has 1 aromatic heterocycles. The quantitative estimate of drug-likeness (QED) is 0.830. The van der Waals surface area contributed by atoms with Gasteiger partial charge in [0, 0.05) is 11.9 Å². The van der Waals surface area contributed by atoms with Crippen molar-refractivity contribution in [3.05, 3.63) is 54.0 Å². The second-order valence-electron chi connectivity index (χ2n) is 4.03. The first kappa shape index (κ1) is 15.0. The lowest BCUT2D eigenvalue weighted by Crippen LogP contribution is -2.14. The summed E-state index contributed by atoms with van der Waals surface area (Å²) in [6.45, 7) is 0. The molecule has 0 aliphatic heterocycles. The van der Waals surface area contributed by atoms with Gasteiger partial charge in [-0.3, -0.25) is 4.79 Å². The van der Waals surface area contributed by atoms with Gasteiger partial charge in [0.15, 0.2) is 0 Å². The van der Waals surface area contributed by atoms with Crippen LogP contribution >= 0.6 is 11.8 Å². The van der Waals surface area contributed by atoms with Crippen LogP contribution in [0.2, 0.25) is 0 Å². The van der Waals surface area contributed by atoms with E-state index >= 15 is 0 Å². The number of pyridine rings is 1. The van der Waals surface area contributed by atoms with E-state index in [1.54, 1.807) is 6.07 Å².